The summed E-state index contributed by atoms with van der Waals surface area (Å²) in [5.74, 6) is -6.77. The third kappa shape index (κ3) is 6.45. The van der Waals surface area contributed by atoms with Crippen LogP contribution in [0.3, 0.4) is 0 Å². The number of benzene rings is 2. The van der Waals surface area contributed by atoms with Crippen LogP contribution in [-0.2, 0) is 14.3 Å². The van der Waals surface area contributed by atoms with E-state index in [1.807, 2.05) is 0 Å². The molecule has 0 radical (unpaired) electrons. The van der Waals surface area contributed by atoms with Gasteiger partial charge < -0.3 is 31.1 Å². The number of carbonyl (C=O) groups is 4. The molecular weight excluding hydrogens is 432 g/mol. The third-order valence-electron chi connectivity index (χ3n) is 4.91. The minimum atomic E-state index is -3.35. The molecule has 3 rings (SSSR count). The Morgan fingerprint density at radius 1 is 0.970 bits per heavy atom. The molecule has 10 nitrogen and oxygen atoms in total. The zero-order valence-corrected chi connectivity index (χ0v) is 17.7. The van der Waals surface area contributed by atoms with Crippen LogP contribution in [-0.4, -0.2) is 69.8 Å². The molecular formula is C23H26N2O8. The second-order valence-electron chi connectivity index (χ2n) is 7.34. The number of Topliss-reactive ketones (excluding diaryl/α,β-unsaturated/α-hetero) is 1. The van der Waals surface area contributed by atoms with Crippen LogP contribution in [0.25, 0.3) is 0 Å². The van der Waals surface area contributed by atoms with Gasteiger partial charge in [-0.15, -0.1) is 0 Å². The van der Waals surface area contributed by atoms with E-state index in [0.717, 1.165) is 13.1 Å². The number of piperidine rings is 1. The highest BCUT2D eigenvalue weighted by molar-refractivity contribution is 6.19. The fraction of sp³-hybridized carbons (Fsp3) is 0.304. The Hall–Kier alpha value is -3.60. The van der Waals surface area contributed by atoms with E-state index in [-0.39, 0.29) is 11.1 Å². The minimum Gasteiger partial charge on any atom is -0.479 e. The second kappa shape index (κ2) is 11.9. The van der Waals surface area contributed by atoms with Crippen molar-refractivity contribution in [1.82, 2.24) is 5.32 Å². The van der Waals surface area contributed by atoms with Gasteiger partial charge in [0, 0.05) is 18.2 Å². The van der Waals surface area contributed by atoms with Gasteiger partial charge in [-0.2, -0.15) is 0 Å². The molecule has 176 valence electrons. The summed E-state index contributed by atoms with van der Waals surface area (Å²) in [6, 6.07) is 14.3. The number of carbonyl (C=O) groups excluding carboxylic acids is 2. The number of hydrogen-bond acceptors (Lipinski definition) is 8. The van der Waals surface area contributed by atoms with Crippen molar-refractivity contribution in [3.05, 3.63) is 71.8 Å². The molecule has 0 saturated carbocycles. The van der Waals surface area contributed by atoms with Crippen LogP contribution in [0.5, 0.6) is 0 Å². The maximum atomic E-state index is 12.7. The lowest BCUT2D eigenvalue weighted by molar-refractivity contribution is -0.176. The van der Waals surface area contributed by atoms with Gasteiger partial charge in [-0.05, 0) is 31.5 Å². The van der Waals surface area contributed by atoms with Crippen LogP contribution in [0.15, 0.2) is 60.7 Å². The van der Waals surface area contributed by atoms with Crippen LogP contribution in [0, 0.1) is 0 Å². The fourth-order valence-corrected chi connectivity index (χ4v) is 3.12. The molecule has 1 aliphatic rings. The van der Waals surface area contributed by atoms with E-state index in [9.17, 15) is 29.4 Å². The molecule has 3 atom stereocenters. The summed E-state index contributed by atoms with van der Waals surface area (Å²) in [7, 11) is 0. The number of ether oxygens (including phenoxy) is 1. The number of nitrogens with two attached hydrogens (primary N) is 1. The molecule has 0 aliphatic carbocycles. The maximum Gasteiger partial charge on any atom is 0.360 e. The van der Waals surface area contributed by atoms with Crippen molar-refractivity contribution in [2.75, 3.05) is 13.1 Å². The van der Waals surface area contributed by atoms with Crippen molar-refractivity contribution < 1.29 is 39.2 Å². The quantitative estimate of drug-likeness (QED) is 0.225. The Morgan fingerprint density at radius 3 is 1.91 bits per heavy atom. The Kier molecular flexibility index (Phi) is 9.22. The number of carboxylic acid groups (broad SMARTS) is 2. The van der Waals surface area contributed by atoms with Crippen molar-refractivity contribution in [3.63, 3.8) is 0 Å². The van der Waals surface area contributed by atoms with E-state index in [4.69, 9.17) is 15.6 Å². The summed E-state index contributed by atoms with van der Waals surface area (Å²) in [5.41, 5.74) is 1.87. The Balaban J connectivity index is 0.000000468. The highest BCUT2D eigenvalue weighted by Crippen LogP contribution is 2.26. The zero-order chi connectivity index (χ0) is 24.4. The monoisotopic (exact) mass is 458 g/mol. The standard InChI is InChI=1S/C18H14O8.C5H12N2/c19-13(11-7-3-1-4-8-11)18(17(24)25,14(20)15(21)22)26-16(23)12-9-5-2-6-10-12;6-5-2-1-3-7-4-5/h1-10,14,20H,(H,21,22)(H,24,25);5,7H,1-4,6H2. The molecule has 0 amide bonds. The number of aliphatic hydroxyl groups is 1. The highest BCUT2D eigenvalue weighted by Gasteiger charge is 2.59. The number of nitrogens with one attached hydrogen (secondary N) is 1. The number of ketones is 1. The van der Waals surface area contributed by atoms with Crippen molar-refractivity contribution in [2.45, 2.75) is 30.6 Å². The average Bonchev–Trinajstić information content (AvgIpc) is 2.83. The van der Waals surface area contributed by atoms with Crippen LogP contribution >= 0.6 is 0 Å². The summed E-state index contributed by atoms with van der Waals surface area (Å²) in [6.45, 7) is 2.17. The molecule has 2 aromatic rings. The predicted octanol–water partition coefficient (Wildman–Crippen LogP) is 0.692. The molecule has 1 heterocycles. The first kappa shape index (κ1) is 25.7. The number of esters is 1. The third-order valence-corrected chi connectivity index (χ3v) is 4.91. The topological polar surface area (TPSA) is 176 Å². The minimum absolute atomic E-state index is 0.114. The van der Waals surface area contributed by atoms with Gasteiger partial charge in [0.15, 0.2) is 0 Å². The van der Waals surface area contributed by atoms with Gasteiger partial charge in [0.1, 0.15) is 0 Å². The molecule has 1 fully saturated rings. The van der Waals surface area contributed by atoms with E-state index < -0.39 is 35.4 Å². The molecule has 1 saturated heterocycles. The summed E-state index contributed by atoms with van der Waals surface area (Å²) in [4.78, 5) is 48.1. The van der Waals surface area contributed by atoms with E-state index in [0.29, 0.717) is 6.04 Å². The number of aliphatic carboxylic acids is 2. The molecule has 0 aromatic heterocycles. The van der Waals surface area contributed by atoms with Crippen molar-refractivity contribution in [2.24, 2.45) is 5.73 Å². The predicted molar refractivity (Wildman–Crippen MR) is 117 cm³/mol. The zero-order valence-electron chi connectivity index (χ0n) is 17.7. The van der Waals surface area contributed by atoms with Crippen molar-refractivity contribution >= 4 is 23.7 Å². The number of hydrogen-bond donors (Lipinski definition) is 5. The van der Waals surface area contributed by atoms with Gasteiger partial charge in [0.2, 0.25) is 11.9 Å². The molecule has 1 aliphatic heterocycles. The van der Waals surface area contributed by atoms with Crippen LogP contribution in [0.4, 0.5) is 0 Å². The second-order valence-corrected chi connectivity index (χ2v) is 7.34. The maximum absolute atomic E-state index is 12.7. The summed E-state index contributed by atoms with van der Waals surface area (Å²) in [6.07, 6.45) is -0.367. The summed E-state index contributed by atoms with van der Waals surface area (Å²) >= 11 is 0. The van der Waals surface area contributed by atoms with Crippen LogP contribution < -0.4 is 11.1 Å². The first-order valence-electron chi connectivity index (χ1n) is 10.2. The first-order chi connectivity index (χ1) is 15.7. The molecule has 0 spiro atoms. The highest BCUT2D eigenvalue weighted by atomic mass is 16.6. The van der Waals surface area contributed by atoms with Crippen LogP contribution in [0.1, 0.15) is 33.6 Å². The van der Waals surface area contributed by atoms with Gasteiger partial charge in [-0.25, -0.2) is 14.4 Å². The lowest BCUT2D eigenvalue weighted by atomic mass is 9.87. The van der Waals surface area contributed by atoms with E-state index in [2.05, 4.69) is 5.32 Å². The SMILES string of the molecule is NC1CCCNC1.O=C(OC(C(=O)O)(C(=O)c1ccccc1)C(O)C(=O)O)c1ccccc1. The summed E-state index contributed by atoms with van der Waals surface area (Å²) < 4.78 is 4.81. The number of rotatable bonds is 7. The Morgan fingerprint density at radius 2 is 1.52 bits per heavy atom. The van der Waals surface area contributed by atoms with Gasteiger partial charge in [-0.3, -0.25) is 4.79 Å². The van der Waals surface area contributed by atoms with Gasteiger partial charge in [-0.1, -0.05) is 48.5 Å². The van der Waals surface area contributed by atoms with Crippen LogP contribution in [0.2, 0.25) is 0 Å². The number of carboxylic acids is 2. The molecule has 33 heavy (non-hydrogen) atoms. The molecule has 6 N–H and O–H groups in total. The Bertz CT molecular complexity index is 961. The van der Waals surface area contributed by atoms with Crippen molar-refractivity contribution in [1.29, 1.82) is 0 Å². The van der Waals surface area contributed by atoms with E-state index in [1.165, 1.54) is 61.4 Å². The largest absolute Gasteiger partial charge is 0.479 e. The first-order valence-corrected chi connectivity index (χ1v) is 10.2. The average molecular weight is 458 g/mol. The lowest BCUT2D eigenvalue weighted by Gasteiger charge is -2.30. The molecule has 10 heteroatoms. The fourth-order valence-electron chi connectivity index (χ4n) is 3.12. The molecule has 2 aromatic carbocycles. The number of aliphatic hydroxyl groups excluding tert-OH is 1. The smallest absolute Gasteiger partial charge is 0.360 e. The molecule has 0 bridgehead atoms. The van der Waals surface area contributed by atoms with Gasteiger partial charge >= 0.3 is 23.5 Å². The van der Waals surface area contributed by atoms with Gasteiger partial charge in [0.25, 0.3) is 0 Å². The normalized spacial score (nSPS) is 17.9. The van der Waals surface area contributed by atoms with E-state index >= 15 is 0 Å². The summed E-state index contributed by atoms with van der Waals surface area (Å²) in [5, 5.41) is 31.8. The Labute approximate surface area is 190 Å². The van der Waals surface area contributed by atoms with E-state index in [1.54, 1.807) is 12.1 Å². The molecule has 3 unspecified atom stereocenters. The van der Waals surface area contributed by atoms with Crippen molar-refractivity contribution in [3.8, 4) is 0 Å². The van der Waals surface area contributed by atoms with Gasteiger partial charge in [0.05, 0.1) is 5.56 Å². The lowest BCUT2D eigenvalue weighted by Crippen LogP contribution is -2.61.